The van der Waals surface area contributed by atoms with Crippen LogP contribution in [0.4, 0.5) is 17.2 Å². The van der Waals surface area contributed by atoms with Crippen LogP contribution in [0, 0.1) is 6.92 Å². The summed E-state index contributed by atoms with van der Waals surface area (Å²) < 4.78 is 5.09. The van der Waals surface area contributed by atoms with Crippen molar-refractivity contribution in [3.8, 4) is 5.75 Å². The molecule has 0 aliphatic carbocycles. The summed E-state index contributed by atoms with van der Waals surface area (Å²) in [6.45, 7) is 1.91. The van der Waals surface area contributed by atoms with Crippen molar-refractivity contribution in [3.63, 3.8) is 0 Å². The Morgan fingerprint density at radius 1 is 1.24 bits per heavy atom. The molecule has 0 fully saturated rings. The number of nitrogen functional groups attached to an aromatic ring is 1. The van der Waals surface area contributed by atoms with E-state index in [-0.39, 0.29) is 0 Å². The van der Waals surface area contributed by atoms with Gasteiger partial charge >= 0.3 is 0 Å². The number of hydrogen-bond acceptors (Lipinski definition) is 5. The van der Waals surface area contributed by atoms with E-state index in [1.165, 1.54) is 6.33 Å². The molecule has 0 amide bonds. The van der Waals surface area contributed by atoms with E-state index < -0.39 is 0 Å². The number of ether oxygens (including phenoxy) is 1. The van der Waals surface area contributed by atoms with E-state index in [4.69, 9.17) is 10.5 Å². The van der Waals surface area contributed by atoms with Crippen molar-refractivity contribution in [3.05, 3.63) is 36.3 Å². The number of aromatic nitrogens is 2. The minimum atomic E-state index is 0.586. The van der Waals surface area contributed by atoms with Gasteiger partial charge in [-0.25, -0.2) is 9.97 Å². The predicted molar refractivity (Wildman–Crippen MR) is 67.5 cm³/mol. The maximum Gasteiger partial charge on any atom is 0.141 e. The molecule has 5 nitrogen and oxygen atoms in total. The van der Waals surface area contributed by atoms with Crippen LogP contribution in [0.15, 0.2) is 30.6 Å². The molecule has 0 aliphatic rings. The van der Waals surface area contributed by atoms with Crippen LogP contribution in [0.2, 0.25) is 0 Å². The third kappa shape index (κ3) is 2.63. The summed E-state index contributed by atoms with van der Waals surface area (Å²) in [5.74, 6) is 1.40. The SMILES string of the molecule is COc1ccc(Nc2cc(C)ncn2)cc1N. The molecule has 3 N–H and O–H groups in total. The molecule has 0 saturated carbocycles. The first-order valence-electron chi connectivity index (χ1n) is 5.18. The quantitative estimate of drug-likeness (QED) is 0.790. The van der Waals surface area contributed by atoms with Gasteiger partial charge in [-0.1, -0.05) is 0 Å². The zero-order valence-electron chi connectivity index (χ0n) is 9.77. The second-order valence-electron chi connectivity index (χ2n) is 3.63. The minimum Gasteiger partial charge on any atom is -0.495 e. The summed E-state index contributed by atoms with van der Waals surface area (Å²) in [7, 11) is 1.59. The average molecular weight is 230 g/mol. The fourth-order valence-corrected chi connectivity index (χ4v) is 1.48. The average Bonchev–Trinajstić information content (AvgIpc) is 2.29. The van der Waals surface area contributed by atoms with Crippen molar-refractivity contribution in [2.75, 3.05) is 18.2 Å². The van der Waals surface area contributed by atoms with Gasteiger partial charge in [0.1, 0.15) is 17.9 Å². The van der Waals surface area contributed by atoms with Crippen LogP contribution in [-0.4, -0.2) is 17.1 Å². The molecule has 1 heterocycles. The maximum atomic E-state index is 5.82. The van der Waals surface area contributed by atoms with Gasteiger partial charge in [-0.15, -0.1) is 0 Å². The van der Waals surface area contributed by atoms with Crippen LogP contribution in [0.3, 0.4) is 0 Å². The lowest BCUT2D eigenvalue weighted by molar-refractivity contribution is 0.417. The number of anilines is 3. The van der Waals surface area contributed by atoms with Gasteiger partial charge in [0, 0.05) is 17.4 Å². The topological polar surface area (TPSA) is 73.1 Å². The van der Waals surface area contributed by atoms with Gasteiger partial charge in [0.15, 0.2) is 0 Å². The van der Waals surface area contributed by atoms with Crippen molar-refractivity contribution >= 4 is 17.2 Å². The van der Waals surface area contributed by atoms with Gasteiger partial charge < -0.3 is 15.8 Å². The molecular formula is C12H14N4O. The first-order valence-corrected chi connectivity index (χ1v) is 5.18. The molecule has 0 aliphatic heterocycles. The number of hydrogen-bond donors (Lipinski definition) is 2. The second-order valence-corrected chi connectivity index (χ2v) is 3.63. The van der Waals surface area contributed by atoms with Crippen LogP contribution in [0.1, 0.15) is 5.69 Å². The van der Waals surface area contributed by atoms with Crippen molar-refractivity contribution in [1.29, 1.82) is 0 Å². The summed E-state index contributed by atoms with van der Waals surface area (Å²) in [5.41, 5.74) is 8.17. The third-order valence-electron chi connectivity index (χ3n) is 2.31. The zero-order valence-corrected chi connectivity index (χ0v) is 9.77. The maximum absolute atomic E-state index is 5.82. The molecule has 1 aromatic carbocycles. The Morgan fingerprint density at radius 2 is 2.06 bits per heavy atom. The number of methoxy groups -OCH3 is 1. The molecule has 17 heavy (non-hydrogen) atoms. The molecule has 0 atom stereocenters. The first kappa shape index (κ1) is 11.2. The number of nitrogens with two attached hydrogens (primary N) is 1. The Bertz CT molecular complexity index is 528. The molecule has 0 bridgehead atoms. The van der Waals surface area contributed by atoms with Gasteiger partial charge in [-0.05, 0) is 25.1 Å². The van der Waals surface area contributed by atoms with Crippen LogP contribution in [0.5, 0.6) is 5.75 Å². The van der Waals surface area contributed by atoms with Gasteiger partial charge in [-0.2, -0.15) is 0 Å². The Morgan fingerprint density at radius 3 is 2.71 bits per heavy atom. The van der Waals surface area contributed by atoms with E-state index in [0.717, 1.165) is 17.2 Å². The van der Waals surface area contributed by atoms with Crippen LogP contribution >= 0.6 is 0 Å². The second kappa shape index (κ2) is 4.69. The number of benzene rings is 1. The molecule has 0 radical (unpaired) electrons. The van der Waals surface area contributed by atoms with E-state index in [1.54, 1.807) is 13.2 Å². The Kier molecular flexibility index (Phi) is 3.09. The third-order valence-corrected chi connectivity index (χ3v) is 2.31. The molecule has 1 aromatic heterocycles. The lowest BCUT2D eigenvalue weighted by Crippen LogP contribution is -1.97. The predicted octanol–water partition coefficient (Wildman–Crippen LogP) is 2.12. The monoisotopic (exact) mass is 230 g/mol. The van der Waals surface area contributed by atoms with Crippen LogP contribution in [0.25, 0.3) is 0 Å². The van der Waals surface area contributed by atoms with Crippen molar-refractivity contribution in [2.45, 2.75) is 6.92 Å². The van der Waals surface area contributed by atoms with Crippen LogP contribution < -0.4 is 15.8 Å². The first-order chi connectivity index (χ1) is 8.19. The molecule has 2 rings (SSSR count). The zero-order chi connectivity index (χ0) is 12.3. The molecular weight excluding hydrogens is 216 g/mol. The fraction of sp³-hybridized carbons (Fsp3) is 0.167. The summed E-state index contributed by atoms with van der Waals surface area (Å²) in [4.78, 5) is 8.14. The molecule has 2 aromatic rings. The van der Waals surface area contributed by atoms with Crippen molar-refractivity contribution < 1.29 is 4.74 Å². The Hall–Kier alpha value is -2.30. The largest absolute Gasteiger partial charge is 0.495 e. The highest BCUT2D eigenvalue weighted by Gasteiger charge is 2.01. The number of aryl methyl sites for hydroxylation is 1. The summed E-state index contributed by atoms with van der Waals surface area (Å²) >= 11 is 0. The van der Waals surface area contributed by atoms with Crippen LogP contribution in [-0.2, 0) is 0 Å². The van der Waals surface area contributed by atoms with E-state index in [9.17, 15) is 0 Å². The Labute approximate surface area is 99.7 Å². The molecule has 88 valence electrons. The van der Waals surface area contributed by atoms with E-state index in [2.05, 4.69) is 15.3 Å². The molecule has 0 unspecified atom stereocenters. The molecule has 0 saturated heterocycles. The number of nitrogens with zero attached hydrogens (tertiary/aromatic N) is 2. The molecule has 0 spiro atoms. The summed E-state index contributed by atoms with van der Waals surface area (Å²) in [6, 6.07) is 7.36. The van der Waals surface area contributed by atoms with Crippen molar-refractivity contribution in [2.24, 2.45) is 0 Å². The number of rotatable bonds is 3. The minimum absolute atomic E-state index is 0.586. The van der Waals surface area contributed by atoms with E-state index >= 15 is 0 Å². The fourth-order valence-electron chi connectivity index (χ4n) is 1.48. The van der Waals surface area contributed by atoms with Gasteiger partial charge in [-0.3, -0.25) is 0 Å². The highest BCUT2D eigenvalue weighted by atomic mass is 16.5. The van der Waals surface area contributed by atoms with Gasteiger partial charge in [0.25, 0.3) is 0 Å². The molecule has 5 heteroatoms. The van der Waals surface area contributed by atoms with Gasteiger partial charge in [0.05, 0.1) is 12.8 Å². The van der Waals surface area contributed by atoms with Crippen molar-refractivity contribution in [1.82, 2.24) is 9.97 Å². The lowest BCUT2D eigenvalue weighted by atomic mass is 10.2. The highest BCUT2D eigenvalue weighted by Crippen LogP contribution is 2.26. The highest BCUT2D eigenvalue weighted by molar-refractivity contribution is 5.66. The standard InChI is InChI=1S/C12H14N4O/c1-8-5-12(15-7-14-8)16-9-3-4-11(17-2)10(13)6-9/h3-7H,13H2,1-2H3,(H,14,15,16). The normalized spacial score (nSPS) is 10.0. The lowest BCUT2D eigenvalue weighted by Gasteiger charge is -2.09. The van der Waals surface area contributed by atoms with E-state index in [0.29, 0.717) is 11.4 Å². The Balaban J connectivity index is 2.22. The summed E-state index contributed by atoms with van der Waals surface area (Å²) in [6.07, 6.45) is 1.52. The van der Waals surface area contributed by atoms with Gasteiger partial charge in [0.2, 0.25) is 0 Å². The smallest absolute Gasteiger partial charge is 0.141 e. The number of nitrogens with one attached hydrogen (secondary N) is 1. The summed E-state index contributed by atoms with van der Waals surface area (Å²) in [5, 5.41) is 3.15. The van der Waals surface area contributed by atoms with E-state index in [1.807, 2.05) is 25.1 Å².